The lowest BCUT2D eigenvalue weighted by Gasteiger charge is -2.36. The molecule has 0 radical (unpaired) electrons. The first-order valence-corrected chi connectivity index (χ1v) is 11.3. The summed E-state index contributed by atoms with van der Waals surface area (Å²) in [6, 6.07) is 7.64. The molecule has 3 atom stereocenters. The summed E-state index contributed by atoms with van der Waals surface area (Å²) in [4.78, 5) is 30.4. The lowest BCUT2D eigenvalue weighted by atomic mass is 9.78. The molecule has 1 saturated carbocycles. The van der Waals surface area contributed by atoms with Crippen LogP contribution in [0.2, 0.25) is 0 Å². The van der Waals surface area contributed by atoms with Crippen LogP contribution in [0.4, 0.5) is 0 Å². The normalized spacial score (nSPS) is 22.5. The number of para-hydroxylation sites is 1. The van der Waals surface area contributed by atoms with E-state index in [0.717, 1.165) is 12.8 Å². The number of nitrogens with one attached hydrogen (secondary N) is 1. The molecule has 2 aromatic rings. The number of aromatic nitrogens is 2. The maximum absolute atomic E-state index is 13.4. The van der Waals surface area contributed by atoms with Crippen LogP contribution in [-0.4, -0.2) is 27.8 Å². The van der Waals surface area contributed by atoms with Crippen LogP contribution in [-0.2, 0) is 4.79 Å². The first kappa shape index (κ1) is 20.9. The third-order valence-electron chi connectivity index (χ3n) is 5.81. The average molecular weight is 402 g/mol. The number of amides is 1. The molecule has 0 bridgehead atoms. The monoisotopic (exact) mass is 401 g/mol. The zero-order valence-electron chi connectivity index (χ0n) is 17.3. The zero-order valence-corrected chi connectivity index (χ0v) is 18.1. The van der Waals surface area contributed by atoms with Crippen molar-refractivity contribution in [3.8, 4) is 0 Å². The summed E-state index contributed by atoms with van der Waals surface area (Å²) in [5.41, 5.74) is 0.715. The van der Waals surface area contributed by atoms with Crippen molar-refractivity contribution in [3.63, 3.8) is 0 Å². The van der Waals surface area contributed by atoms with E-state index in [1.807, 2.05) is 28.8 Å². The molecular formula is C22H31N3O2S. The minimum atomic E-state index is -0.0160. The van der Waals surface area contributed by atoms with Crippen molar-refractivity contribution in [1.29, 1.82) is 0 Å². The molecule has 28 heavy (non-hydrogen) atoms. The van der Waals surface area contributed by atoms with Crippen LogP contribution in [0.3, 0.4) is 0 Å². The molecule has 152 valence electrons. The van der Waals surface area contributed by atoms with Gasteiger partial charge in [-0.1, -0.05) is 64.4 Å². The highest BCUT2D eigenvalue weighted by atomic mass is 32.2. The quantitative estimate of drug-likeness (QED) is 0.580. The summed E-state index contributed by atoms with van der Waals surface area (Å²) < 4.78 is 1.88. The molecule has 1 aliphatic rings. The third-order valence-corrected chi connectivity index (χ3v) is 6.76. The number of rotatable bonds is 6. The van der Waals surface area contributed by atoms with Gasteiger partial charge in [0.05, 0.1) is 16.7 Å². The Morgan fingerprint density at radius 2 is 2.04 bits per heavy atom. The third kappa shape index (κ3) is 4.59. The van der Waals surface area contributed by atoms with Crippen LogP contribution in [0, 0.1) is 17.8 Å². The Morgan fingerprint density at radius 1 is 1.29 bits per heavy atom. The van der Waals surface area contributed by atoms with E-state index in [1.165, 1.54) is 18.2 Å². The van der Waals surface area contributed by atoms with Gasteiger partial charge < -0.3 is 5.32 Å². The van der Waals surface area contributed by atoms with Crippen molar-refractivity contribution in [2.24, 2.45) is 17.8 Å². The molecule has 3 rings (SSSR count). The Kier molecular flexibility index (Phi) is 6.81. The highest BCUT2D eigenvalue weighted by Gasteiger charge is 2.31. The fraction of sp³-hybridized carbons (Fsp3) is 0.591. The summed E-state index contributed by atoms with van der Waals surface area (Å²) in [5.74, 6) is 1.65. The van der Waals surface area contributed by atoms with Crippen LogP contribution < -0.4 is 10.9 Å². The number of hydrogen-bond donors (Lipinski definition) is 1. The van der Waals surface area contributed by atoms with Gasteiger partial charge in [0.1, 0.15) is 0 Å². The Bertz CT molecular complexity index is 893. The standard InChI is InChI=1S/C22H31N3O2S/c1-14(2)12-23-20(26)13-28-22-24-18-10-6-5-9-17(18)21(27)25(22)19-11-7-8-15(3)16(19)4/h5-6,9-10,14-16,19H,7-8,11-13H2,1-4H3,(H,23,26)/t15-,16-,19+/m1/s1. The average Bonchev–Trinajstić information content (AvgIpc) is 2.67. The number of hydrogen-bond acceptors (Lipinski definition) is 4. The number of thioether (sulfide) groups is 1. The highest BCUT2D eigenvalue weighted by Crippen LogP contribution is 2.38. The maximum Gasteiger partial charge on any atom is 0.262 e. The fourth-order valence-corrected chi connectivity index (χ4v) is 4.82. The molecule has 5 nitrogen and oxygen atoms in total. The van der Waals surface area contributed by atoms with Crippen LogP contribution >= 0.6 is 11.8 Å². The molecule has 1 aliphatic carbocycles. The fourth-order valence-electron chi connectivity index (χ4n) is 3.94. The lowest BCUT2D eigenvalue weighted by Crippen LogP contribution is -2.36. The number of carbonyl (C=O) groups excluding carboxylic acids is 1. The predicted octanol–water partition coefficient (Wildman–Crippen LogP) is 4.26. The molecule has 6 heteroatoms. The van der Waals surface area contributed by atoms with Gasteiger partial charge in [-0.25, -0.2) is 4.98 Å². The van der Waals surface area contributed by atoms with Crippen LogP contribution in [0.15, 0.2) is 34.2 Å². The van der Waals surface area contributed by atoms with Crippen molar-refractivity contribution in [2.75, 3.05) is 12.3 Å². The summed E-state index contributed by atoms with van der Waals surface area (Å²) in [6.07, 6.45) is 3.31. The Morgan fingerprint density at radius 3 is 2.79 bits per heavy atom. The Labute approximate surface area is 171 Å². The molecule has 0 saturated heterocycles. The van der Waals surface area contributed by atoms with E-state index < -0.39 is 0 Å². The highest BCUT2D eigenvalue weighted by molar-refractivity contribution is 7.99. The van der Waals surface area contributed by atoms with Gasteiger partial charge in [0, 0.05) is 12.6 Å². The topological polar surface area (TPSA) is 64.0 Å². The second-order valence-electron chi connectivity index (χ2n) is 8.41. The van der Waals surface area contributed by atoms with Crippen LogP contribution in [0.25, 0.3) is 10.9 Å². The second kappa shape index (κ2) is 9.12. The molecule has 1 aromatic carbocycles. The van der Waals surface area contributed by atoms with E-state index in [0.29, 0.717) is 40.4 Å². The van der Waals surface area contributed by atoms with Gasteiger partial charge in [-0.05, 0) is 36.3 Å². The number of nitrogens with zero attached hydrogens (tertiary/aromatic N) is 2. The van der Waals surface area contributed by atoms with Crippen molar-refractivity contribution >= 4 is 28.6 Å². The first-order valence-electron chi connectivity index (χ1n) is 10.3. The van der Waals surface area contributed by atoms with Crippen LogP contribution in [0.1, 0.15) is 53.0 Å². The van der Waals surface area contributed by atoms with Gasteiger partial charge in [-0.15, -0.1) is 0 Å². The Hall–Kier alpha value is -1.82. The van der Waals surface area contributed by atoms with Gasteiger partial charge in [-0.2, -0.15) is 0 Å². The van der Waals surface area contributed by atoms with E-state index >= 15 is 0 Å². The molecule has 0 unspecified atom stereocenters. The van der Waals surface area contributed by atoms with E-state index in [-0.39, 0.29) is 23.3 Å². The molecule has 1 N–H and O–H groups in total. The minimum absolute atomic E-state index is 0.0154. The molecule has 1 aromatic heterocycles. The lowest BCUT2D eigenvalue weighted by molar-refractivity contribution is -0.118. The zero-order chi connectivity index (χ0) is 20.3. The predicted molar refractivity (Wildman–Crippen MR) is 116 cm³/mol. The summed E-state index contributed by atoms with van der Waals surface area (Å²) in [7, 11) is 0. The van der Waals surface area contributed by atoms with Gasteiger partial charge in [-0.3, -0.25) is 14.2 Å². The molecular weight excluding hydrogens is 370 g/mol. The van der Waals surface area contributed by atoms with Crippen molar-refractivity contribution in [2.45, 2.75) is 58.2 Å². The summed E-state index contributed by atoms with van der Waals surface area (Å²) in [5, 5.41) is 4.26. The van der Waals surface area contributed by atoms with Crippen molar-refractivity contribution in [3.05, 3.63) is 34.6 Å². The van der Waals surface area contributed by atoms with E-state index in [1.54, 1.807) is 0 Å². The summed E-state index contributed by atoms with van der Waals surface area (Å²) >= 11 is 1.37. The molecule has 1 heterocycles. The number of fused-ring (bicyclic) bond motifs is 1. The van der Waals surface area contributed by atoms with Gasteiger partial charge in [0.15, 0.2) is 5.16 Å². The molecule has 0 aliphatic heterocycles. The largest absolute Gasteiger partial charge is 0.355 e. The van der Waals surface area contributed by atoms with E-state index in [4.69, 9.17) is 4.98 Å². The van der Waals surface area contributed by atoms with Crippen LogP contribution in [0.5, 0.6) is 0 Å². The molecule has 0 spiro atoms. The number of carbonyl (C=O) groups is 1. The van der Waals surface area contributed by atoms with Gasteiger partial charge in [0.25, 0.3) is 5.56 Å². The second-order valence-corrected chi connectivity index (χ2v) is 9.35. The van der Waals surface area contributed by atoms with Crippen molar-refractivity contribution < 1.29 is 4.79 Å². The molecule has 1 amide bonds. The van der Waals surface area contributed by atoms with Crippen molar-refractivity contribution in [1.82, 2.24) is 14.9 Å². The SMILES string of the molecule is CC(C)CNC(=O)CSc1nc2ccccc2c(=O)n1[C@H]1CCC[C@@H](C)[C@H]1C. The van der Waals surface area contributed by atoms with E-state index in [9.17, 15) is 9.59 Å². The van der Waals surface area contributed by atoms with E-state index in [2.05, 4.69) is 33.0 Å². The first-order chi connectivity index (χ1) is 13.4. The van der Waals surface area contributed by atoms with Gasteiger partial charge >= 0.3 is 0 Å². The Balaban J connectivity index is 1.95. The molecule has 1 fully saturated rings. The summed E-state index contributed by atoms with van der Waals surface area (Å²) in [6.45, 7) is 9.31. The maximum atomic E-state index is 13.4. The minimum Gasteiger partial charge on any atom is -0.355 e. The smallest absolute Gasteiger partial charge is 0.262 e. The van der Waals surface area contributed by atoms with Gasteiger partial charge in [0.2, 0.25) is 5.91 Å². The number of benzene rings is 1.